The Morgan fingerprint density at radius 3 is 2.56 bits per heavy atom. The summed E-state index contributed by atoms with van der Waals surface area (Å²) in [5, 5.41) is 10.4. The van der Waals surface area contributed by atoms with Crippen molar-refractivity contribution >= 4 is 39.8 Å². The van der Waals surface area contributed by atoms with Crippen molar-refractivity contribution in [3.8, 4) is 11.5 Å². The van der Waals surface area contributed by atoms with Crippen LogP contribution < -0.4 is 16.0 Å². The molecule has 0 bridgehead atoms. The number of rotatable bonds is 6. The first-order valence-electron chi connectivity index (χ1n) is 10.9. The van der Waals surface area contributed by atoms with E-state index >= 15 is 0 Å². The van der Waals surface area contributed by atoms with Crippen molar-refractivity contribution in [2.24, 2.45) is 0 Å². The molecule has 0 saturated carbocycles. The molecule has 1 fully saturated rings. The number of hydrogen-bond donors (Lipinski definition) is 3. The molecule has 4 aromatic rings. The van der Waals surface area contributed by atoms with Crippen molar-refractivity contribution < 1.29 is 4.79 Å². The number of aryl methyl sites for hydroxylation is 1. The number of aromatic nitrogens is 5. The normalized spacial score (nSPS) is 13.5. The lowest BCUT2D eigenvalue weighted by molar-refractivity contribution is 0.0740. The molecule has 11 heteroatoms. The maximum absolute atomic E-state index is 12.7. The monoisotopic (exact) mass is 473 g/mol. The molecule has 1 aliphatic heterocycles. The Morgan fingerprint density at radius 2 is 1.74 bits per heavy atom. The van der Waals surface area contributed by atoms with Crippen molar-refractivity contribution in [3.05, 3.63) is 65.4 Å². The van der Waals surface area contributed by atoms with Crippen LogP contribution in [0.1, 0.15) is 15.4 Å². The van der Waals surface area contributed by atoms with Gasteiger partial charge in [-0.05, 0) is 43.3 Å². The predicted molar refractivity (Wildman–Crippen MR) is 132 cm³/mol. The second kappa shape index (κ2) is 9.89. The van der Waals surface area contributed by atoms with Gasteiger partial charge in [0.15, 0.2) is 5.82 Å². The molecule has 5 rings (SSSR count). The van der Waals surface area contributed by atoms with Crippen molar-refractivity contribution in [1.29, 1.82) is 0 Å². The van der Waals surface area contributed by atoms with E-state index in [4.69, 9.17) is 0 Å². The molecule has 10 nitrogen and oxygen atoms in total. The van der Waals surface area contributed by atoms with Crippen LogP contribution in [0.15, 0.2) is 54.9 Å². The summed E-state index contributed by atoms with van der Waals surface area (Å²) in [6.07, 6.45) is 3.33. The Labute approximate surface area is 200 Å². The van der Waals surface area contributed by atoms with Gasteiger partial charge in [0.1, 0.15) is 17.3 Å². The maximum Gasteiger partial charge on any atom is 0.264 e. The summed E-state index contributed by atoms with van der Waals surface area (Å²) in [7, 11) is 0. The molecule has 172 valence electrons. The van der Waals surface area contributed by atoms with E-state index in [1.165, 1.54) is 11.3 Å². The molecular weight excluding hydrogens is 450 g/mol. The molecule has 0 aliphatic carbocycles. The lowest BCUT2D eigenvalue weighted by atomic mass is 10.3. The Balaban J connectivity index is 1.27. The number of pyridine rings is 1. The van der Waals surface area contributed by atoms with Gasteiger partial charge in [-0.2, -0.15) is 4.98 Å². The standard InChI is InChI=1S/C23H23N9OS/c1-15-3-2-4-16(27-15)21-25-9-7-18(29-21)28-19-8-10-26-23(30-19)31-20-6-5-17(34-20)22(33)32-13-11-24-12-14-32/h2-10,24H,11-14H2,1H3,(H2,25,26,28,29,30,31). The third-order valence-electron chi connectivity index (χ3n) is 5.14. The molecule has 34 heavy (non-hydrogen) atoms. The molecule has 3 N–H and O–H groups in total. The molecule has 1 amide bonds. The molecule has 5 heterocycles. The van der Waals surface area contributed by atoms with Gasteiger partial charge in [0.05, 0.1) is 9.88 Å². The number of thiophene rings is 1. The summed E-state index contributed by atoms with van der Waals surface area (Å²) < 4.78 is 0. The number of piperazine rings is 1. The largest absolute Gasteiger partial charge is 0.335 e. The smallest absolute Gasteiger partial charge is 0.264 e. The average Bonchev–Trinajstić information content (AvgIpc) is 3.33. The first-order valence-corrected chi connectivity index (χ1v) is 11.7. The van der Waals surface area contributed by atoms with Crippen molar-refractivity contribution in [1.82, 2.24) is 35.1 Å². The fourth-order valence-electron chi connectivity index (χ4n) is 3.49. The molecule has 0 aromatic carbocycles. The molecular formula is C23H23N9OS. The molecule has 1 aliphatic rings. The second-order valence-electron chi connectivity index (χ2n) is 7.65. The van der Waals surface area contributed by atoms with Crippen LogP contribution in [0.3, 0.4) is 0 Å². The molecule has 0 spiro atoms. The summed E-state index contributed by atoms with van der Waals surface area (Å²) in [5.74, 6) is 2.17. The number of hydrogen-bond acceptors (Lipinski definition) is 10. The minimum Gasteiger partial charge on any atom is -0.335 e. The van der Waals surface area contributed by atoms with Crippen LogP contribution in [0.5, 0.6) is 0 Å². The average molecular weight is 474 g/mol. The van der Waals surface area contributed by atoms with Crippen LogP contribution >= 0.6 is 11.3 Å². The van der Waals surface area contributed by atoms with E-state index in [0.29, 0.717) is 34.0 Å². The maximum atomic E-state index is 12.7. The van der Waals surface area contributed by atoms with Gasteiger partial charge in [0, 0.05) is 44.3 Å². The van der Waals surface area contributed by atoms with E-state index in [-0.39, 0.29) is 5.91 Å². The van der Waals surface area contributed by atoms with Gasteiger partial charge < -0.3 is 20.9 Å². The zero-order valence-electron chi connectivity index (χ0n) is 18.5. The first-order chi connectivity index (χ1) is 16.6. The van der Waals surface area contributed by atoms with Crippen LogP contribution in [0.4, 0.5) is 22.6 Å². The SMILES string of the molecule is Cc1cccc(-c2nccc(Nc3ccnc(Nc4ccc(C(=O)N5CCNCC5)s4)n3)n2)n1. The highest BCUT2D eigenvalue weighted by molar-refractivity contribution is 7.18. The van der Waals surface area contributed by atoms with Crippen molar-refractivity contribution in [2.75, 3.05) is 36.8 Å². The molecule has 0 unspecified atom stereocenters. The predicted octanol–water partition coefficient (Wildman–Crippen LogP) is 3.23. The van der Waals surface area contributed by atoms with Crippen LogP contribution in [-0.4, -0.2) is 61.9 Å². The van der Waals surface area contributed by atoms with Crippen LogP contribution in [-0.2, 0) is 0 Å². The van der Waals surface area contributed by atoms with Gasteiger partial charge in [-0.1, -0.05) is 6.07 Å². The Morgan fingerprint density at radius 1 is 0.941 bits per heavy atom. The minimum atomic E-state index is 0.0542. The molecule has 0 radical (unpaired) electrons. The van der Waals surface area contributed by atoms with E-state index in [0.717, 1.165) is 36.9 Å². The Bertz CT molecular complexity index is 1300. The molecule has 4 aromatic heterocycles. The van der Waals surface area contributed by atoms with Crippen LogP contribution in [0.2, 0.25) is 0 Å². The minimum absolute atomic E-state index is 0.0542. The lowest BCUT2D eigenvalue weighted by Gasteiger charge is -2.26. The Hall–Kier alpha value is -3.96. The first kappa shape index (κ1) is 21.9. The number of carbonyl (C=O) groups excluding carboxylic acids is 1. The highest BCUT2D eigenvalue weighted by Crippen LogP contribution is 2.26. The molecule has 1 saturated heterocycles. The van der Waals surface area contributed by atoms with Crippen molar-refractivity contribution in [3.63, 3.8) is 0 Å². The van der Waals surface area contributed by atoms with Gasteiger partial charge in [0.25, 0.3) is 5.91 Å². The summed E-state index contributed by atoms with van der Waals surface area (Å²) in [4.78, 5) is 37.4. The number of anilines is 4. The number of nitrogens with one attached hydrogen (secondary N) is 3. The van der Waals surface area contributed by atoms with Crippen LogP contribution in [0.25, 0.3) is 11.5 Å². The topological polar surface area (TPSA) is 121 Å². The number of amides is 1. The van der Waals surface area contributed by atoms with Gasteiger partial charge in [-0.25, -0.2) is 19.9 Å². The fraction of sp³-hybridized carbons (Fsp3) is 0.217. The van der Waals surface area contributed by atoms with E-state index in [1.54, 1.807) is 24.5 Å². The Kier molecular flexibility index (Phi) is 6.36. The van der Waals surface area contributed by atoms with E-state index < -0.39 is 0 Å². The van der Waals surface area contributed by atoms with Crippen LogP contribution in [0, 0.1) is 6.92 Å². The second-order valence-corrected chi connectivity index (χ2v) is 8.74. The fourth-order valence-corrected chi connectivity index (χ4v) is 4.36. The summed E-state index contributed by atoms with van der Waals surface area (Å²) in [6.45, 7) is 5.02. The highest BCUT2D eigenvalue weighted by Gasteiger charge is 2.19. The zero-order valence-corrected chi connectivity index (χ0v) is 19.3. The van der Waals surface area contributed by atoms with Gasteiger partial charge >= 0.3 is 0 Å². The van der Waals surface area contributed by atoms with Gasteiger partial charge in [-0.15, -0.1) is 11.3 Å². The summed E-state index contributed by atoms with van der Waals surface area (Å²) >= 11 is 1.39. The van der Waals surface area contributed by atoms with Crippen molar-refractivity contribution in [2.45, 2.75) is 6.92 Å². The van der Waals surface area contributed by atoms with E-state index in [2.05, 4.69) is 40.9 Å². The highest BCUT2D eigenvalue weighted by atomic mass is 32.1. The lowest BCUT2D eigenvalue weighted by Crippen LogP contribution is -2.46. The van der Waals surface area contributed by atoms with E-state index in [1.807, 2.05) is 42.2 Å². The third-order valence-corrected chi connectivity index (χ3v) is 6.13. The number of carbonyl (C=O) groups is 1. The number of nitrogens with zero attached hydrogens (tertiary/aromatic N) is 6. The zero-order chi connectivity index (χ0) is 23.3. The van der Waals surface area contributed by atoms with Gasteiger partial charge in [0.2, 0.25) is 5.95 Å². The quantitative estimate of drug-likeness (QED) is 0.387. The summed E-state index contributed by atoms with van der Waals surface area (Å²) in [5.41, 5.74) is 1.61. The van der Waals surface area contributed by atoms with Gasteiger partial charge in [-0.3, -0.25) is 4.79 Å². The summed E-state index contributed by atoms with van der Waals surface area (Å²) in [6, 6.07) is 13.0. The molecule has 0 atom stereocenters. The third kappa shape index (κ3) is 5.16. The van der Waals surface area contributed by atoms with E-state index in [9.17, 15) is 4.79 Å².